The number of piperazine rings is 1. The average Bonchev–Trinajstić information content (AvgIpc) is 2.90. The van der Waals surface area contributed by atoms with Gasteiger partial charge in [0.15, 0.2) is 0 Å². The van der Waals surface area contributed by atoms with Crippen molar-refractivity contribution in [2.45, 2.75) is 37.8 Å². The van der Waals surface area contributed by atoms with E-state index in [2.05, 4.69) is 36.2 Å². The highest BCUT2D eigenvalue weighted by atomic mass is 32.2. The second-order valence-electron chi connectivity index (χ2n) is 9.76. The topological polar surface area (TPSA) is 69.7 Å². The van der Waals surface area contributed by atoms with Crippen molar-refractivity contribution in [3.8, 4) is 0 Å². The van der Waals surface area contributed by atoms with E-state index in [0.717, 1.165) is 24.1 Å². The number of carbonyl (C=O) groups is 1. The Morgan fingerprint density at radius 2 is 1.42 bits per heavy atom. The van der Waals surface area contributed by atoms with Crippen molar-refractivity contribution in [2.75, 3.05) is 26.2 Å². The fraction of sp³-hybridized carbons (Fsp3) is 0.345. The molecular weight excluding hydrogens is 470 g/mol. The van der Waals surface area contributed by atoms with Crippen molar-refractivity contribution < 1.29 is 13.2 Å². The number of rotatable bonds is 9. The van der Waals surface area contributed by atoms with Gasteiger partial charge in [0, 0.05) is 38.3 Å². The summed E-state index contributed by atoms with van der Waals surface area (Å²) in [6.07, 6.45) is 0.875. The van der Waals surface area contributed by atoms with E-state index in [1.165, 1.54) is 0 Å². The van der Waals surface area contributed by atoms with Gasteiger partial charge in [-0.25, -0.2) is 8.42 Å². The predicted octanol–water partition coefficient (Wildman–Crippen LogP) is 4.71. The van der Waals surface area contributed by atoms with Gasteiger partial charge in [0.1, 0.15) is 0 Å². The second kappa shape index (κ2) is 11.8. The van der Waals surface area contributed by atoms with E-state index in [1.807, 2.05) is 48.5 Å². The SMILES string of the molecule is CC(C)CC(NC(=O)c1ccc(CN2CCN(S(=O)(=O)c3ccccc3)CC2)cc1)c1ccccc1. The normalized spacial score (nSPS) is 16.1. The van der Waals surface area contributed by atoms with Crippen molar-refractivity contribution in [3.05, 3.63) is 102 Å². The van der Waals surface area contributed by atoms with Crippen molar-refractivity contribution in [1.82, 2.24) is 14.5 Å². The summed E-state index contributed by atoms with van der Waals surface area (Å²) in [7, 11) is -3.45. The molecule has 0 aromatic heterocycles. The van der Waals surface area contributed by atoms with Gasteiger partial charge in [-0.3, -0.25) is 9.69 Å². The van der Waals surface area contributed by atoms with Crippen LogP contribution in [0, 0.1) is 5.92 Å². The smallest absolute Gasteiger partial charge is 0.251 e. The summed E-state index contributed by atoms with van der Waals surface area (Å²) in [6.45, 7) is 7.32. The van der Waals surface area contributed by atoms with Crippen molar-refractivity contribution in [2.24, 2.45) is 5.92 Å². The molecule has 0 saturated carbocycles. The minimum atomic E-state index is -3.45. The Bertz CT molecular complexity index is 1220. The van der Waals surface area contributed by atoms with Crippen LogP contribution < -0.4 is 5.32 Å². The molecule has 3 aromatic carbocycles. The molecular formula is C29H35N3O3S. The number of hydrogen-bond acceptors (Lipinski definition) is 4. The van der Waals surface area contributed by atoms with Gasteiger partial charge < -0.3 is 5.32 Å². The van der Waals surface area contributed by atoms with Crippen LogP contribution in [0.15, 0.2) is 89.8 Å². The maximum atomic E-state index is 13.0. The summed E-state index contributed by atoms with van der Waals surface area (Å²) in [4.78, 5) is 15.6. The number of amides is 1. The van der Waals surface area contributed by atoms with Crippen molar-refractivity contribution >= 4 is 15.9 Å². The first-order chi connectivity index (χ1) is 17.3. The lowest BCUT2D eigenvalue weighted by atomic mass is 9.96. The fourth-order valence-corrected chi connectivity index (χ4v) is 6.01. The Kier molecular flexibility index (Phi) is 8.56. The lowest BCUT2D eigenvalue weighted by molar-refractivity contribution is 0.0932. The van der Waals surface area contributed by atoms with Gasteiger partial charge in [0.2, 0.25) is 10.0 Å². The molecule has 190 valence electrons. The number of sulfonamides is 1. The molecule has 1 saturated heterocycles. The van der Waals surface area contributed by atoms with E-state index in [1.54, 1.807) is 28.6 Å². The Hall–Kier alpha value is -3.00. The number of nitrogens with zero attached hydrogens (tertiary/aromatic N) is 2. The molecule has 0 bridgehead atoms. The third kappa shape index (κ3) is 6.60. The van der Waals surface area contributed by atoms with Gasteiger partial charge in [-0.2, -0.15) is 4.31 Å². The van der Waals surface area contributed by atoms with Gasteiger partial charge in [-0.05, 0) is 47.7 Å². The molecule has 1 fully saturated rings. The quantitative estimate of drug-likeness (QED) is 0.457. The van der Waals surface area contributed by atoms with Crippen molar-refractivity contribution in [3.63, 3.8) is 0 Å². The van der Waals surface area contributed by atoms with Gasteiger partial charge >= 0.3 is 0 Å². The molecule has 0 radical (unpaired) electrons. The first kappa shape index (κ1) is 26.1. The third-order valence-corrected chi connectivity index (χ3v) is 8.46. The summed E-state index contributed by atoms with van der Waals surface area (Å²) in [5.41, 5.74) is 2.86. The van der Waals surface area contributed by atoms with Crippen LogP contribution in [0.25, 0.3) is 0 Å². The highest BCUT2D eigenvalue weighted by Gasteiger charge is 2.28. The van der Waals surface area contributed by atoms with Gasteiger partial charge in [0.25, 0.3) is 5.91 Å². The summed E-state index contributed by atoms with van der Waals surface area (Å²) in [6, 6.07) is 26.4. The van der Waals surface area contributed by atoms with Crippen LogP contribution in [0.3, 0.4) is 0 Å². The predicted molar refractivity (Wildman–Crippen MR) is 143 cm³/mol. The fourth-order valence-electron chi connectivity index (χ4n) is 4.57. The van der Waals surface area contributed by atoms with E-state index < -0.39 is 10.0 Å². The molecule has 1 heterocycles. The second-order valence-corrected chi connectivity index (χ2v) is 11.7. The summed E-state index contributed by atoms with van der Waals surface area (Å²) in [5.74, 6) is 0.386. The van der Waals surface area contributed by atoms with Crippen LogP contribution in [-0.2, 0) is 16.6 Å². The van der Waals surface area contributed by atoms with E-state index >= 15 is 0 Å². The standard InChI is InChI=1S/C29H35N3O3S/c1-23(2)21-28(25-9-5-3-6-10-25)30-29(33)26-15-13-24(14-16-26)22-31-17-19-32(20-18-31)36(34,35)27-11-7-4-8-12-27/h3-16,23,28H,17-22H2,1-2H3,(H,30,33). The van der Waals surface area contributed by atoms with Crippen LogP contribution in [0.2, 0.25) is 0 Å². The molecule has 0 aliphatic carbocycles. The third-order valence-electron chi connectivity index (χ3n) is 6.55. The Balaban J connectivity index is 1.32. The lowest BCUT2D eigenvalue weighted by Crippen LogP contribution is -2.48. The Labute approximate surface area is 215 Å². The monoisotopic (exact) mass is 505 g/mol. The molecule has 1 unspecified atom stereocenters. The summed E-state index contributed by atoms with van der Waals surface area (Å²) >= 11 is 0. The summed E-state index contributed by atoms with van der Waals surface area (Å²) in [5, 5.41) is 3.20. The van der Waals surface area contributed by atoms with Crippen LogP contribution >= 0.6 is 0 Å². The van der Waals surface area contributed by atoms with E-state index in [0.29, 0.717) is 42.6 Å². The van der Waals surface area contributed by atoms with Gasteiger partial charge in [-0.15, -0.1) is 0 Å². The van der Waals surface area contributed by atoms with Crippen LogP contribution in [0.4, 0.5) is 0 Å². The lowest BCUT2D eigenvalue weighted by Gasteiger charge is -2.34. The van der Waals surface area contributed by atoms with Gasteiger partial charge in [-0.1, -0.05) is 74.5 Å². The molecule has 1 N–H and O–H groups in total. The molecule has 1 aliphatic rings. The Morgan fingerprint density at radius 1 is 0.833 bits per heavy atom. The molecule has 6 nitrogen and oxygen atoms in total. The zero-order chi connectivity index (χ0) is 25.5. The number of benzene rings is 3. The average molecular weight is 506 g/mol. The number of carbonyl (C=O) groups excluding carboxylic acids is 1. The van der Waals surface area contributed by atoms with E-state index in [9.17, 15) is 13.2 Å². The minimum absolute atomic E-state index is 0.0261. The highest BCUT2D eigenvalue weighted by Crippen LogP contribution is 2.22. The maximum absolute atomic E-state index is 13.0. The molecule has 3 aromatic rings. The summed E-state index contributed by atoms with van der Waals surface area (Å²) < 4.78 is 27.3. The molecule has 7 heteroatoms. The zero-order valence-electron chi connectivity index (χ0n) is 21.0. The van der Waals surface area contributed by atoms with E-state index in [-0.39, 0.29) is 11.9 Å². The first-order valence-corrected chi connectivity index (χ1v) is 14.0. The van der Waals surface area contributed by atoms with Gasteiger partial charge in [0.05, 0.1) is 10.9 Å². The minimum Gasteiger partial charge on any atom is -0.345 e. The first-order valence-electron chi connectivity index (χ1n) is 12.6. The molecule has 0 spiro atoms. The molecule has 1 amide bonds. The van der Waals surface area contributed by atoms with Crippen molar-refractivity contribution in [1.29, 1.82) is 0 Å². The van der Waals surface area contributed by atoms with Crippen LogP contribution in [-0.4, -0.2) is 49.7 Å². The zero-order valence-corrected chi connectivity index (χ0v) is 21.8. The largest absolute Gasteiger partial charge is 0.345 e. The molecule has 1 atom stereocenters. The molecule has 36 heavy (non-hydrogen) atoms. The maximum Gasteiger partial charge on any atom is 0.251 e. The van der Waals surface area contributed by atoms with Crippen LogP contribution in [0.5, 0.6) is 0 Å². The Morgan fingerprint density at radius 3 is 2.00 bits per heavy atom. The molecule has 1 aliphatic heterocycles. The van der Waals surface area contributed by atoms with Crippen LogP contribution in [0.1, 0.15) is 47.8 Å². The number of nitrogens with one attached hydrogen (secondary N) is 1. The number of hydrogen-bond donors (Lipinski definition) is 1. The highest BCUT2D eigenvalue weighted by molar-refractivity contribution is 7.89. The molecule has 4 rings (SSSR count). The van der Waals surface area contributed by atoms with E-state index in [4.69, 9.17) is 0 Å².